The molecule has 1 fully saturated rings. The van der Waals surface area contributed by atoms with E-state index in [2.05, 4.69) is 29.9 Å². The number of nitrogens with zero attached hydrogens (tertiary/aromatic N) is 2. The molecule has 0 saturated heterocycles. The number of aliphatic hydroxyl groups excluding tert-OH is 1. The Hall–Kier alpha value is -0.970. The average molecular weight is 263 g/mol. The Kier molecular flexibility index (Phi) is 4.91. The van der Waals surface area contributed by atoms with E-state index in [0.29, 0.717) is 5.92 Å². The van der Waals surface area contributed by atoms with E-state index in [-0.39, 0.29) is 18.2 Å². The first-order valence-electron chi connectivity index (χ1n) is 7.15. The fourth-order valence-corrected chi connectivity index (χ4v) is 2.97. The molecule has 0 bridgehead atoms. The lowest BCUT2D eigenvalue weighted by Gasteiger charge is -2.39. The molecule has 1 aromatic rings. The predicted molar refractivity (Wildman–Crippen MR) is 76.6 cm³/mol. The van der Waals surface area contributed by atoms with Gasteiger partial charge in [-0.15, -0.1) is 0 Å². The highest BCUT2D eigenvalue weighted by Crippen LogP contribution is 2.31. The maximum absolute atomic E-state index is 9.39. The fourth-order valence-electron chi connectivity index (χ4n) is 2.97. The van der Waals surface area contributed by atoms with E-state index in [0.717, 1.165) is 25.8 Å². The van der Waals surface area contributed by atoms with Gasteiger partial charge in [0.15, 0.2) is 0 Å². The highest BCUT2D eigenvalue weighted by molar-refractivity contribution is 5.16. The van der Waals surface area contributed by atoms with Gasteiger partial charge in [0, 0.05) is 25.0 Å². The molecule has 4 heteroatoms. The van der Waals surface area contributed by atoms with Crippen LogP contribution in [-0.2, 0) is 0 Å². The summed E-state index contributed by atoms with van der Waals surface area (Å²) in [6.07, 6.45) is 6.40. The monoisotopic (exact) mass is 263 g/mol. The van der Waals surface area contributed by atoms with Crippen LogP contribution in [0.25, 0.3) is 0 Å². The van der Waals surface area contributed by atoms with Gasteiger partial charge in [-0.3, -0.25) is 9.88 Å². The molecule has 1 aliphatic rings. The minimum absolute atomic E-state index is 0.0879. The lowest BCUT2D eigenvalue weighted by molar-refractivity contribution is 0.0197. The van der Waals surface area contributed by atoms with Gasteiger partial charge in [-0.1, -0.05) is 13.0 Å². The molecule has 0 aliphatic heterocycles. The molecular formula is C15H25N3O. The van der Waals surface area contributed by atoms with Crippen molar-refractivity contribution in [3.63, 3.8) is 0 Å². The number of hydrogen-bond acceptors (Lipinski definition) is 4. The SMILES string of the molecule is CCC(N)C(c1cccnc1)N(C)CC1CC(O)C1. The van der Waals surface area contributed by atoms with Gasteiger partial charge in [0.25, 0.3) is 0 Å². The van der Waals surface area contributed by atoms with Crippen molar-refractivity contribution in [1.29, 1.82) is 0 Å². The number of pyridine rings is 1. The first kappa shape index (κ1) is 14.4. The van der Waals surface area contributed by atoms with E-state index in [4.69, 9.17) is 5.73 Å². The van der Waals surface area contributed by atoms with Crippen LogP contribution in [0.1, 0.15) is 37.8 Å². The second kappa shape index (κ2) is 6.46. The summed E-state index contributed by atoms with van der Waals surface area (Å²) in [5, 5.41) is 9.39. The van der Waals surface area contributed by atoms with E-state index in [1.165, 1.54) is 5.56 Å². The number of likely N-dealkylation sites (N-methyl/N-ethyl adjacent to an activating group) is 1. The molecule has 0 spiro atoms. The predicted octanol–water partition coefficient (Wildman–Crippen LogP) is 1.56. The third kappa shape index (κ3) is 3.53. The molecule has 0 radical (unpaired) electrons. The molecule has 2 rings (SSSR count). The Morgan fingerprint density at radius 2 is 2.26 bits per heavy atom. The van der Waals surface area contributed by atoms with Crippen molar-refractivity contribution in [3.8, 4) is 0 Å². The summed E-state index contributed by atoms with van der Waals surface area (Å²) in [6, 6.07) is 4.38. The van der Waals surface area contributed by atoms with Gasteiger partial charge in [0.05, 0.1) is 12.1 Å². The van der Waals surface area contributed by atoms with Gasteiger partial charge in [-0.2, -0.15) is 0 Å². The summed E-state index contributed by atoms with van der Waals surface area (Å²) in [4.78, 5) is 6.53. The Balaban J connectivity index is 2.04. The minimum atomic E-state index is -0.0879. The van der Waals surface area contributed by atoms with Crippen LogP contribution in [0.3, 0.4) is 0 Å². The third-order valence-corrected chi connectivity index (χ3v) is 4.13. The van der Waals surface area contributed by atoms with Crippen molar-refractivity contribution in [2.24, 2.45) is 11.7 Å². The first-order chi connectivity index (χ1) is 9.11. The van der Waals surface area contributed by atoms with Crippen LogP contribution < -0.4 is 5.73 Å². The summed E-state index contributed by atoms with van der Waals surface area (Å²) in [6.45, 7) is 3.11. The minimum Gasteiger partial charge on any atom is -0.393 e. The van der Waals surface area contributed by atoms with Crippen LogP contribution in [0.5, 0.6) is 0 Å². The van der Waals surface area contributed by atoms with Crippen molar-refractivity contribution >= 4 is 0 Å². The summed E-state index contributed by atoms with van der Waals surface area (Å²) < 4.78 is 0. The molecule has 0 amide bonds. The molecule has 2 atom stereocenters. The highest BCUT2D eigenvalue weighted by atomic mass is 16.3. The molecule has 2 unspecified atom stereocenters. The van der Waals surface area contributed by atoms with Crippen molar-refractivity contribution in [2.75, 3.05) is 13.6 Å². The van der Waals surface area contributed by atoms with Crippen LogP contribution >= 0.6 is 0 Å². The van der Waals surface area contributed by atoms with E-state index in [9.17, 15) is 5.11 Å². The summed E-state index contributed by atoms with van der Waals surface area (Å²) in [5.74, 6) is 0.600. The number of aliphatic hydroxyl groups is 1. The van der Waals surface area contributed by atoms with E-state index in [1.54, 1.807) is 6.20 Å². The zero-order valence-corrected chi connectivity index (χ0v) is 11.9. The van der Waals surface area contributed by atoms with Gasteiger partial charge in [0.2, 0.25) is 0 Å². The van der Waals surface area contributed by atoms with Gasteiger partial charge >= 0.3 is 0 Å². The summed E-state index contributed by atoms with van der Waals surface area (Å²) in [7, 11) is 2.12. The number of aromatic nitrogens is 1. The molecule has 4 nitrogen and oxygen atoms in total. The summed E-state index contributed by atoms with van der Waals surface area (Å²) in [5.41, 5.74) is 7.47. The van der Waals surface area contributed by atoms with Gasteiger partial charge in [0.1, 0.15) is 0 Å². The van der Waals surface area contributed by atoms with E-state index in [1.807, 2.05) is 12.3 Å². The van der Waals surface area contributed by atoms with Crippen LogP contribution in [0.4, 0.5) is 0 Å². The molecule has 19 heavy (non-hydrogen) atoms. The molecule has 0 aromatic carbocycles. The third-order valence-electron chi connectivity index (χ3n) is 4.13. The zero-order chi connectivity index (χ0) is 13.8. The number of rotatable bonds is 6. The van der Waals surface area contributed by atoms with Crippen LogP contribution in [0, 0.1) is 5.92 Å². The molecule has 1 heterocycles. The summed E-state index contributed by atoms with van der Waals surface area (Å²) >= 11 is 0. The van der Waals surface area contributed by atoms with Crippen molar-refractivity contribution in [3.05, 3.63) is 30.1 Å². The van der Waals surface area contributed by atoms with E-state index < -0.39 is 0 Å². The maximum atomic E-state index is 9.39. The number of hydrogen-bond donors (Lipinski definition) is 2. The van der Waals surface area contributed by atoms with E-state index >= 15 is 0 Å². The second-order valence-electron chi connectivity index (χ2n) is 5.73. The van der Waals surface area contributed by atoms with Crippen molar-refractivity contribution < 1.29 is 5.11 Å². The van der Waals surface area contributed by atoms with Crippen molar-refractivity contribution in [1.82, 2.24) is 9.88 Å². The normalized spacial score (nSPS) is 25.9. The number of nitrogens with two attached hydrogens (primary N) is 1. The second-order valence-corrected chi connectivity index (χ2v) is 5.73. The Bertz CT molecular complexity index is 378. The average Bonchev–Trinajstić information content (AvgIpc) is 2.38. The largest absolute Gasteiger partial charge is 0.393 e. The van der Waals surface area contributed by atoms with Crippen LogP contribution in [-0.4, -0.2) is 40.7 Å². The highest BCUT2D eigenvalue weighted by Gasteiger charge is 2.31. The lowest BCUT2D eigenvalue weighted by Crippen LogP contribution is -2.44. The van der Waals surface area contributed by atoms with Gasteiger partial charge in [-0.25, -0.2) is 0 Å². The smallest absolute Gasteiger partial charge is 0.0546 e. The Labute approximate surface area is 115 Å². The molecular weight excluding hydrogens is 238 g/mol. The molecule has 106 valence electrons. The molecule has 1 saturated carbocycles. The molecule has 1 aromatic heterocycles. The Morgan fingerprint density at radius 1 is 1.53 bits per heavy atom. The first-order valence-corrected chi connectivity index (χ1v) is 7.15. The fraction of sp³-hybridized carbons (Fsp3) is 0.667. The van der Waals surface area contributed by atoms with Gasteiger partial charge < -0.3 is 10.8 Å². The Morgan fingerprint density at radius 3 is 2.79 bits per heavy atom. The maximum Gasteiger partial charge on any atom is 0.0546 e. The molecule has 3 N–H and O–H groups in total. The van der Waals surface area contributed by atoms with Crippen molar-refractivity contribution in [2.45, 2.75) is 44.4 Å². The standard InChI is InChI=1S/C15H25N3O/c1-3-14(16)15(12-5-4-6-17-9-12)18(2)10-11-7-13(19)8-11/h4-6,9,11,13-15,19H,3,7-8,10,16H2,1-2H3. The lowest BCUT2D eigenvalue weighted by atomic mass is 9.81. The quantitative estimate of drug-likeness (QED) is 0.817. The van der Waals surface area contributed by atoms with Gasteiger partial charge in [-0.05, 0) is 43.9 Å². The zero-order valence-electron chi connectivity index (χ0n) is 11.9. The molecule has 1 aliphatic carbocycles. The van der Waals surface area contributed by atoms with Crippen LogP contribution in [0.15, 0.2) is 24.5 Å². The van der Waals surface area contributed by atoms with Crippen LogP contribution in [0.2, 0.25) is 0 Å². The topological polar surface area (TPSA) is 62.4 Å².